The summed E-state index contributed by atoms with van der Waals surface area (Å²) in [5, 5.41) is 5.80. The number of anilines is 2. The van der Waals surface area contributed by atoms with E-state index in [-0.39, 0.29) is 5.69 Å². The van der Waals surface area contributed by atoms with Crippen molar-refractivity contribution in [3.05, 3.63) is 48.0 Å². The van der Waals surface area contributed by atoms with Crippen LogP contribution in [0.4, 0.5) is 16.0 Å². The number of carbonyl (C=O) groups is 1. The third kappa shape index (κ3) is 4.03. The summed E-state index contributed by atoms with van der Waals surface area (Å²) >= 11 is 0. The van der Waals surface area contributed by atoms with Gasteiger partial charge in [0.05, 0.1) is 11.3 Å². The van der Waals surface area contributed by atoms with E-state index in [0.717, 1.165) is 12.8 Å². The van der Waals surface area contributed by atoms with Gasteiger partial charge in [0.15, 0.2) is 0 Å². The van der Waals surface area contributed by atoms with Crippen LogP contribution in [0.5, 0.6) is 0 Å². The molecule has 0 bridgehead atoms. The maximum absolute atomic E-state index is 13.5. The lowest BCUT2D eigenvalue weighted by atomic mass is 9.96. The molecule has 23 heavy (non-hydrogen) atoms. The molecule has 0 radical (unpaired) electrons. The number of benzene rings is 1. The van der Waals surface area contributed by atoms with Gasteiger partial charge < -0.3 is 10.6 Å². The van der Waals surface area contributed by atoms with Crippen molar-refractivity contribution >= 4 is 17.5 Å². The number of hydrogen-bond donors (Lipinski definition) is 2. The Hall–Kier alpha value is -2.50. The van der Waals surface area contributed by atoms with Gasteiger partial charge in [0.1, 0.15) is 5.82 Å². The van der Waals surface area contributed by atoms with Crippen molar-refractivity contribution in [2.24, 2.45) is 0 Å². The predicted octanol–water partition coefficient (Wildman–Crippen LogP) is 3.61. The zero-order valence-electron chi connectivity index (χ0n) is 12.8. The van der Waals surface area contributed by atoms with E-state index in [9.17, 15) is 9.18 Å². The Balaban J connectivity index is 1.62. The van der Waals surface area contributed by atoms with Crippen LogP contribution in [-0.2, 0) is 0 Å². The average molecular weight is 314 g/mol. The first-order valence-electron chi connectivity index (χ1n) is 7.87. The topological polar surface area (TPSA) is 66.9 Å². The van der Waals surface area contributed by atoms with E-state index < -0.39 is 11.7 Å². The third-order valence-electron chi connectivity index (χ3n) is 3.97. The Morgan fingerprint density at radius 2 is 1.78 bits per heavy atom. The van der Waals surface area contributed by atoms with Crippen molar-refractivity contribution in [3.8, 4) is 0 Å². The number of nitrogens with one attached hydrogen (secondary N) is 2. The Kier molecular flexibility index (Phi) is 4.80. The fraction of sp³-hybridized carbons (Fsp3) is 0.353. The van der Waals surface area contributed by atoms with Crippen LogP contribution in [-0.4, -0.2) is 21.9 Å². The molecule has 6 heteroatoms. The minimum atomic E-state index is -0.475. The molecular weight excluding hydrogens is 295 g/mol. The molecule has 1 amide bonds. The van der Waals surface area contributed by atoms with E-state index >= 15 is 0 Å². The number of rotatable bonds is 4. The van der Waals surface area contributed by atoms with Crippen LogP contribution in [0.15, 0.2) is 36.7 Å². The standard InChI is InChI=1S/C17H19FN4O/c18-14-8-4-5-9-15(14)22-16(23)12-10-19-17(20-11-12)21-13-6-2-1-3-7-13/h4-5,8-11,13H,1-3,6-7H2,(H,22,23)(H,19,20,21). The van der Waals surface area contributed by atoms with Gasteiger partial charge in [-0.05, 0) is 25.0 Å². The first-order chi connectivity index (χ1) is 11.2. The third-order valence-corrected chi connectivity index (χ3v) is 3.97. The van der Waals surface area contributed by atoms with Gasteiger partial charge in [-0.15, -0.1) is 0 Å². The molecule has 1 aromatic carbocycles. The van der Waals surface area contributed by atoms with Gasteiger partial charge in [-0.2, -0.15) is 0 Å². The molecular formula is C17H19FN4O. The van der Waals surface area contributed by atoms with Gasteiger partial charge in [-0.3, -0.25) is 4.79 Å². The van der Waals surface area contributed by atoms with E-state index in [0.29, 0.717) is 17.6 Å². The predicted molar refractivity (Wildman–Crippen MR) is 86.9 cm³/mol. The van der Waals surface area contributed by atoms with Crippen molar-refractivity contribution in [2.75, 3.05) is 10.6 Å². The van der Waals surface area contributed by atoms with Crippen molar-refractivity contribution in [1.82, 2.24) is 9.97 Å². The maximum Gasteiger partial charge on any atom is 0.258 e. The molecule has 2 N–H and O–H groups in total. The molecule has 0 spiro atoms. The van der Waals surface area contributed by atoms with Crippen molar-refractivity contribution in [3.63, 3.8) is 0 Å². The minimum absolute atomic E-state index is 0.141. The number of amides is 1. The smallest absolute Gasteiger partial charge is 0.258 e. The quantitative estimate of drug-likeness (QED) is 0.904. The van der Waals surface area contributed by atoms with Crippen molar-refractivity contribution in [1.29, 1.82) is 0 Å². The number of hydrogen-bond acceptors (Lipinski definition) is 4. The van der Waals surface area contributed by atoms with Gasteiger partial charge >= 0.3 is 0 Å². The highest BCUT2D eigenvalue weighted by atomic mass is 19.1. The highest BCUT2D eigenvalue weighted by Crippen LogP contribution is 2.20. The van der Waals surface area contributed by atoms with Gasteiger partial charge in [0.25, 0.3) is 5.91 Å². The second kappa shape index (κ2) is 7.17. The molecule has 2 aromatic rings. The Morgan fingerprint density at radius 3 is 2.48 bits per heavy atom. The highest BCUT2D eigenvalue weighted by Gasteiger charge is 2.15. The monoisotopic (exact) mass is 314 g/mol. The molecule has 0 saturated heterocycles. The summed E-state index contributed by atoms with van der Waals surface area (Å²) in [6.45, 7) is 0. The van der Waals surface area contributed by atoms with Crippen molar-refractivity contribution < 1.29 is 9.18 Å². The molecule has 1 heterocycles. The molecule has 0 aliphatic heterocycles. The second-order valence-electron chi connectivity index (χ2n) is 5.71. The summed E-state index contributed by atoms with van der Waals surface area (Å²) < 4.78 is 13.5. The lowest BCUT2D eigenvalue weighted by molar-refractivity contribution is 0.102. The van der Waals surface area contributed by atoms with E-state index in [2.05, 4.69) is 20.6 Å². The van der Waals surface area contributed by atoms with E-state index in [1.165, 1.54) is 43.8 Å². The van der Waals surface area contributed by atoms with Crippen LogP contribution in [0.3, 0.4) is 0 Å². The lowest BCUT2D eigenvalue weighted by Crippen LogP contribution is -2.23. The summed E-state index contributed by atoms with van der Waals surface area (Å²) in [7, 11) is 0. The lowest BCUT2D eigenvalue weighted by Gasteiger charge is -2.22. The normalized spacial score (nSPS) is 15.2. The molecule has 0 unspecified atom stereocenters. The fourth-order valence-electron chi connectivity index (χ4n) is 2.71. The van der Waals surface area contributed by atoms with Crippen LogP contribution < -0.4 is 10.6 Å². The first-order valence-corrected chi connectivity index (χ1v) is 7.87. The van der Waals surface area contributed by atoms with Crippen molar-refractivity contribution in [2.45, 2.75) is 38.1 Å². The molecule has 5 nitrogen and oxygen atoms in total. The average Bonchev–Trinajstić information content (AvgIpc) is 2.58. The van der Waals surface area contributed by atoms with E-state index in [4.69, 9.17) is 0 Å². The zero-order valence-corrected chi connectivity index (χ0v) is 12.8. The van der Waals surface area contributed by atoms with Crippen LogP contribution in [0.25, 0.3) is 0 Å². The number of nitrogens with zero attached hydrogens (tertiary/aromatic N) is 2. The largest absolute Gasteiger partial charge is 0.351 e. The zero-order chi connectivity index (χ0) is 16.1. The molecule has 3 rings (SSSR count). The number of para-hydroxylation sites is 1. The van der Waals surface area contributed by atoms with E-state index in [1.807, 2.05) is 0 Å². The minimum Gasteiger partial charge on any atom is -0.351 e. The van der Waals surface area contributed by atoms with Gasteiger partial charge in [0.2, 0.25) is 5.95 Å². The SMILES string of the molecule is O=C(Nc1ccccc1F)c1cnc(NC2CCCCC2)nc1. The highest BCUT2D eigenvalue weighted by molar-refractivity contribution is 6.03. The number of carbonyl (C=O) groups excluding carboxylic acids is 1. The Morgan fingerprint density at radius 1 is 1.09 bits per heavy atom. The molecule has 1 saturated carbocycles. The van der Waals surface area contributed by atoms with E-state index in [1.54, 1.807) is 12.1 Å². The molecule has 1 aliphatic carbocycles. The van der Waals surface area contributed by atoms with Crippen LogP contribution in [0, 0.1) is 5.82 Å². The molecule has 120 valence electrons. The summed E-state index contributed by atoms with van der Waals surface area (Å²) in [6, 6.07) is 6.43. The van der Waals surface area contributed by atoms with Gasteiger partial charge in [-0.25, -0.2) is 14.4 Å². The van der Waals surface area contributed by atoms with Gasteiger partial charge in [-0.1, -0.05) is 31.4 Å². The number of aromatic nitrogens is 2. The molecule has 1 aromatic heterocycles. The molecule has 0 atom stereocenters. The number of halogens is 1. The fourth-order valence-corrected chi connectivity index (χ4v) is 2.71. The summed E-state index contributed by atoms with van der Waals surface area (Å²) in [4.78, 5) is 20.5. The Bertz CT molecular complexity index is 669. The van der Waals surface area contributed by atoms with Crippen LogP contribution >= 0.6 is 0 Å². The van der Waals surface area contributed by atoms with Crippen LogP contribution in [0.1, 0.15) is 42.5 Å². The Labute approximate surface area is 134 Å². The summed E-state index contributed by atoms with van der Waals surface area (Å²) in [5.41, 5.74) is 0.435. The summed E-state index contributed by atoms with van der Waals surface area (Å²) in [5.74, 6) is -0.379. The summed E-state index contributed by atoms with van der Waals surface area (Å²) in [6.07, 6.45) is 8.89. The molecule has 1 aliphatic rings. The maximum atomic E-state index is 13.5. The molecule has 1 fully saturated rings. The second-order valence-corrected chi connectivity index (χ2v) is 5.71. The van der Waals surface area contributed by atoms with Crippen LogP contribution in [0.2, 0.25) is 0 Å². The van der Waals surface area contributed by atoms with Gasteiger partial charge in [0, 0.05) is 18.4 Å². The first kappa shape index (κ1) is 15.4.